The van der Waals surface area contributed by atoms with Crippen LogP contribution in [0.25, 0.3) is 11.3 Å². The van der Waals surface area contributed by atoms with Gasteiger partial charge in [0.15, 0.2) is 0 Å². The molecule has 0 spiro atoms. The number of carbonyl (C=O) groups excluding carboxylic acids is 1. The van der Waals surface area contributed by atoms with E-state index in [2.05, 4.69) is 9.88 Å². The lowest BCUT2D eigenvalue weighted by Crippen LogP contribution is -2.36. The summed E-state index contributed by atoms with van der Waals surface area (Å²) in [6.07, 6.45) is -0.730. The zero-order chi connectivity index (χ0) is 29.1. The summed E-state index contributed by atoms with van der Waals surface area (Å²) in [5.41, 5.74) is 0.00754. The fourth-order valence-corrected chi connectivity index (χ4v) is 4.58. The van der Waals surface area contributed by atoms with Gasteiger partial charge in [-0.3, -0.25) is 20.0 Å². The number of alkyl halides is 3. The zero-order valence-electron chi connectivity index (χ0n) is 22.6. The fourth-order valence-electron chi connectivity index (χ4n) is 4.58. The first-order valence-corrected chi connectivity index (χ1v) is 13.0. The monoisotopic (exact) mass is 556 g/mol. The number of ether oxygens (including phenoxy) is 1. The molecule has 0 bridgehead atoms. The van der Waals surface area contributed by atoms with Crippen LogP contribution >= 0.6 is 0 Å². The van der Waals surface area contributed by atoms with Crippen LogP contribution in [0.1, 0.15) is 51.2 Å². The van der Waals surface area contributed by atoms with Gasteiger partial charge in [-0.15, -0.1) is 0 Å². The van der Waals surface area contributed by atoms with Crippen LogP contribution in [0.5, 0.6) is 0 Å². The summed E-state index contributed by atoms with van der Waals surface area (Å²) in [6.45, 7) is 6.50. The van der Waals surface area contributed by atoms with E-state index in [4.69, 9.17) is 4.74 Å². The van der Waals surface area contributed by atoms with Crippen LogP contribution in [0.4, 0.5) is 35.0 Å². The molecule has 0 N–H and O–H groups in total. The minimum Gasteiger partial charge on any atom is -0.443 e. The highest BCUT2D eigenvalue weighted by Crippen LogP contribution is 2.36. The van der Waals surface area contributed by atoms with Crippen LogP contribution in [0.15, 0.2) is 60.8 Å². The first kappa shape index (κ1) is 28.8. The molecule has 0 radical (unpaired) electrons. The molecule has 1 amide bonds. The van der Waals surface area contributed by atoms with Crippen LogP contribution in [-0.4, -0.2) is 34.7 Å². The van der Waals surface area contributed by atoms with E-state index in [1.54, 1.807) is 32.9 Å². The highest BCUT2D eigenvalue weighted by atomic mass is 19.4. The number of amides is 1. The molecule has 0 aliphatic carbocycles. The van der Waals surface area contributed by atoms with E-state index >= 15 is 0 Å². The van der Waals surface area contributed by atoms with E-state index in [0.717, 1.165) is 50.2 Å². The lowest BCUT2D eigenvalue weighted by atomic mass is 10.0. The standard InChI is InChI=1S/C29H31F3N4O4/c1-28(2,3)40-27(37)35(19-20-8-7-9-21(16-20)29(30,31)32)23-12-13-33-25(18-23)24-17-22(10-11-26(24)36(38)39)34-14-5-4-6-15-34/h7-13,16-18H,4-6,14-15,19H2,1-3H3. The second-order valence-electron chi connectivity index (χ2n) is 10.7. The van der Waals surface area contributed by atoms with Crippen LogP contribution in [-0.2, 0) is 17.5 Å². The van der Waals surface area contributed by atoms with Crippen LogP contribution < -0.4 is 9.80 Å². The molecule has 1 saturated heterocycles. The fraction of sp³-hybridized carbons (Fsp3) is 0.379. The van der Waals surface area contributed by atoms with Gasteiger partial charge in [0, 0.05) is 31.0 Å². The number of hydrogen-bond donors (Lipinski definition) is 0. The number of rotatable bonds is 6. The summed E-state index contributed by atoms with van der Waals surface area (Å²) in [6, 6.07) is 12.6. The number of carbonyl (C=O) groups is 1. The molecule has 8 nitrogen and oxygen atoms in total. The summed E-state index contributed by atoms with van der Waals surface area (Å²) in [5.74, 6) is 0. The van der Waals surface area contributed by atoms with Gasteiger partial charge < -0.3 is 9.64 Å². The molecule has 11 heteroatoms. The Morgan fingerprint density at radius 1 is 1.05 bits per heavy atom. The molecule has 2 aromatic carbocycles. The number of halogens is 3. The van der Waals surface area contributed by atoms with Crippen molar-refractivity contribution in [1.82, 2.24) is 4.98 Å². The summed E-state index contributed by atoms with van der Waals surface area (Å²) in [5, 5.41) is 11.9. The molecule has 40 heavy (non-hydrogen) atoms. The van der Waals surface area contributed by atoms with E-state index in [0.29, 0.717) is 0 Å². The highest BCUT2D eigenvalue weighted by molar-refractivity contribution is 5.89. The third-order valence-electron chi connectivity index (χ3n) is 6.44. The Hall–Kier alpha value is -4.15. The molecule has 1 aromatic heterocycles. The predicted octanol–water partition coefficient (Wildman–Crippen LogP) is 7.61. The molecule has 0 saturated carbocycles. The molecule has 0 unspecified atom stereocenters. The quantitative estimate of drug-likeness (QED) is 0.229. The predicted molar refractivity (Wildman–Crippen MR) is 146 cm³/mol. The number of nitro benzene ring substituents is 1. The lowest BCUT2D eigenvalue weighted by molar-refractivity contribution is -0.384. The number of anilines is 2. The van der Waals surface area contributed by atoms with E-state index in [1.165, 1.54) is 41.4 Å². The van der Waals surface area contributed by atoms with Gasteiger partial charge in [0.05, 0.1) is 34.0 Å². The van der Waals surface area contributed by atoms with Gasteiger partial charge in [-0.25, -0.2) is 4.79 Å². The van der Waals surface area contributed by atoms with Crippen molar-refractivity contribution in [1.29, 1.82) is 0 Å². The minimum atomic E-state index is -4.55. The lowest BCUT2D eigenvalue weighted by Gasteiger charge is -2.29. The summed E-state index contributed by atoms with van der Waals surface area (Å²) < 4.78 is 45.6. The van der Waals surface area contributed by atoms with Crippen molar-refractivity contribution in [3.05, 3.63) is 82.0 Å². The second-order valence-corrected chi connectivity index (χ2v) is 10.7. The molecular formula is C29H31F3N4O4. The maximum Gasteiger partial charge on any atom is 0.416 e. The number of nitrogens with zero attached hydrogens (tertiary/aromatic N) is 4. The Morgan fingerprint density at radius 2 is 1.77 bits per heavy atom. The number of hydrogen-bond acceptors (Lipinski definition) is 6. The van der Waals surface area contributed by atoms with E-state index in [1.807, 2.05) is 0 Å². The summed E-state index contributed by atoms with van der Waals surface area (Å²) in [4.78, 5) is 32.4. The number of nitro groups is 1. The van der Waals surface area contributed by atoms with Crippen molar-refractivity contribution in [2.75, 3.05) is 22.9 Å². The van der Waals surface area contributed by atoms with Gasteiger partial charge in [0.1, 0.15) is 5.60 Å². The topological polar surface area (TPSA) is 88.8 Å². The largest absolute Gasteiger partial charge is 0.443 e. The third-order valence-corrected chi connectivity index (χ3v) is 6.44. The first-order chi connectivity index (χ1) is 18.8. The average Bonchev–Trinajstić information content (AvgIpc) is 2.90. The molecular weight excluding hydrogens is 525 g/mol. The average molecular weight is 557 g/mol. The maximum atomic E-state index is 13.3. The van der Waals surface area contributed by atoms with Crippen molar-refractivity contribution in [2.24, 2.45) is 0 Å². The van der Waals surface area contributed by atoms with Gasteiger partial charge in [-0.2, -0.15) is 13.2 Å². The van der Waals surface area contributed by atoms with Crippen LogP contribution in [0.3, 0.4) is 0 Å². The van der Waals surface area contributed by atoms with Crippen molar-refractivity contribution >= 4 is 23.2 Å². The summed E-state index contributed by atoms with van der Waals surface area (Å²) >= 11 is 0. The highest BCUT2D eigenvalue weighted by Gasteiger charge is 2.31. The molecule has 4 rings (SSSR count). The van der Waals surface area contributed by atoms with Crippen molar-refractivity contribution in [2.45, 2.75) is 58.4 Å². The number of benzene rings is 2. The van der Waals surface area contributed by atoms with Crippen molar-refractivity contribution < 1.29 is 27.6 Å². The normalized spacial score (nSPS) is 14.1. The molecule has 1 aliphatic rings. The van der Waals surface area contributed by atoms with Crippen molar-refractivity contribution in [3.63, 3.8) is 0 Å². The van der Waals surface area contributed by atoms with E-state index in [-0.39, 0.29) is 34.7 Å². The van der Waals surface area contributed by atoms with Gasteiger partial charge in [-0.1, -0.05) is 12.1 Å². The smallest absolute Gasteiger partial charge is 0.416 e. The Morgan fingerprint density at radius 3 is 2.42 bits per heavy atom. The van der Waals surface area contributed by atoms with Gasteiger partial charge in [-0.05, 0) is 82.0 Å². The van der Waals surface area contributed by atoms with E-state index in [9.17, 15) is 28.1 Å². The zero-order valence-corrected chi connectivity index (χ0v) is 22.6. The molecule has 212 valence electrons. The second kappa shape index (κ2) is 11.5. The SMILES string of the molecule is CC(C)(C)OC(=O)N(Cc1cccc(C(F)(F)F)c1)c1ccnc(-c2cc(N3CCCCC3)ccc2[N+](=O)[O-])c1. The Kier molecular flexibility index (Phi) is 8.32. The van der Waals surface area contributed by atoms with Crippen LogP contribution in [0, 0.1) is 10.1 Å². The third kappa shape index (κ3) is 7.08. The number of pyridine rings is 1. The van der Waals surface area contributed by atoms with E-state index < -0.39 is 28.4 Å². The minimum absolute atomic E-state index is 0.146. The number of aromatic nitrogens is 1. The van der Waals surface area contributed by atoms with Gasteiger partial charge in [0.2, 0.25) is 0 Å². The van der Waals surface area contributed by atoms with Gasteiger partial charge >= 0.3 is 12.3 Å². The maximum absolute atomic E-state index is 13.3. The Labute approximate surface area is 230 Å². The van der Waals surface area contributed by atoms with Crippen LogP contribution in [0.2, 0.25) is 0 Å². The first-order valence-electron chi connectivity index (χ1n) is 13.0. The number of piperidine rings is 1. The molecule has 2 heterocycles. The van der Waals surface area contributed by atoms with Gasteiger partial charge in [0.25, 0.3) is 5.69 Å². The molecule has 3 aromatic rings. The molecule has 0 atom stereocenters. The molecule has 1 fully saturated rings. The summed E-state index contributed by atoms with van der Waals surface area (Å²) in [7, 11) is 0. The Balaban J connectivity index is 1.76. The molecule has 1 aliphatic heterocycles. The Bertz CT molecular complexity index is 1380. The van der Waals surface area contributed by atoms with Crippen molar-refractivity contribution in [3.8, 4) is 11.3 Å².